The Labute approximate surface area is 161 Å². The minimum atomic E-state index is -4.73. The van der Waals surface area contributed by atoms with Gasteiger partial charge in [-0.25, -0.2) is 8.42 Å². The smallest absolute Gasteiger partial charge is 0.406 e. The van der Waals surface area contributed by atoms with Gasteiger partial charge in [0, 0.05) is 13.1 Å². The van der Waals surface area contributed by atoms with Gasteiger partial charge < -0.3 is 9.47 Å². The number of piperidine rings is 1. The summed E-state index contributed by atoms with van der Waals surface area (Å²) in [5.41, 5.74) is 0.678. The molecule has 0 aliphatic carbocycles. The highest BCUT2D eigenvalue weighted by atomic mass is 32.2. The van der Waals surface area contributed by atoms with Crippen LogP contribution in [0.5, 0.6) is 5.75 Å². The molecule has 152 valence electrons. The Morgan fingerprint density at radius 2 is 1.71 bits per heavy atom. The Hall–Kier alpha value is -2.10. The maximum atomic E-state index is 12.7. The lowest BCUT2D eigenvalue weighted by atomic mass is 10.1. The van der Waals surface area contributed by atoms with E-state index in [2.05, 4.69) is 4.74 Å². The van der Waals surface area contributed by atoms with E-state index in [0.29, 0.717) is 18.5 Å². The van der Waals surface area contributed by atoms with E-state index >= 15 is 0 Å². The van der Waals surface area contributed by atoms with Crippen molar-refractivity contribution in [2.75, 3.05) is 13.1 Å². The second-order valence-electron chi connectivity index (χ2n) is 6.44. The number of sulfonamides is 1. The number of hydrogen-bond acceptors (Lipinski definition) is 4. The summed E-state index contributed by atoms with van der Waals surface area (Å²) in [5, 5.41) is 0. The Morgan fingerprint density at radius 3 is 2.36 bits per heavy atom. The molecule has 2 aromatic rings. The van der Waals surface area contributed by atoms with Crippen molar-refractivity contribution in [2.45, 2.75) is 36.8 Å². The van der Waals surface area contributed by atoms with Crippen LogP contribution in [0.3, 0.4) is 0 Å². The third-order valence-corrected chi connectivity index (χ3v) is 6.24. The maximum absolute atomic E-state index is 12.7. The van der Waals surface area contributed by atoms with Gasteiger partial charge in [0.05, 0.1) is 17.6 Å². The molecule has 5 nitrogen and oxygen atoms in total. The van der Waals surface area contributed by atoms with Gasteiger partial charge in [0.15, 0.2) is 0 Å². The van der Waals surface area contributed by atoms with Gasteiger partial charge in [0.1, 0.15) is 5.75 Å². The number of alkyl halides is 3. The van der Waals surface area contributed by atoms with Crippen LogP contribution in [0.1, 0.15) is 18.4 Å². The molecule has 1 unspecified atom stereocenters. The fraction of sp³-hybridized carbons (Fsp3) is 0.368. The molecule has 1 aliphatic heterocycles. The minimum Gasteiger partial charge on any atom is -0.406 e. The van der Waals surface area contributed by atoms with Crippen molar-refractivity contribution in [3.63, 3.8) is 0 Å². The summed E-state index contributed by atoms with van der Waals surface area (Å²) in [4.78, 5) is 0.246. The van der Waals surface area contributed by atoms with Crippen LogP contribution < -0.4 is 4.74 Å². The van der Waals surface area contributed by atoms with Crippen molar-refractivity contribution >= 4 is 10.0 Å². The molecule has 0 amide bonds. The number of rotatable bonds is 6. The third kappa shape index (κ3) is 5.46. The number of nitrogens with zero attached hydrogens (tertiary/aromatic N) is 1. The zero-order valence-corrected chi connectivity index (χ0v) is 15.7. The first kappa shape index (κ1) is 20.6. The lowest BCUT2D eigenvalue weighted by Gasteiger charge is -2.31. The van der Waals surface area contributed by atoms with E-state index in [0.717, 1.165) is 6.42 Å². The van der Waals surface area contributed by atoms with Gasteiger partial charge in [0.25, 0.3) is 0 Å². The van der Waals surface area contributed by atoms with E-state index in [1.165, 1.54) is 28.6 Å². The molecule has 1 atom stereocenters. The Kier molecular flexibility index (Phi) is 6.26. The summed E-state index contributed by atoms with van der Waals surface area (Å²) >= 11 is 0. The second-order valence-corrected chi connectivity index (χ2v) is 8.38. The van der Waals surface area contributed by atoms with Gasteiger partial charge in [-0.15, -0.1) is 13.2 Å². The van der Waals surface area contributed by atoms with Crippen molar-refractivity contribution in [2.24, 2.45) is 0 Å². The highest BCUT2D eigenvalue weighted by Crippen LogP contribution is 2.25. The molecule has 0 N–H and O–H groups in total. The molecular formula is C19H20F3NO4S. The largest absolute Gasteiger partial charge is 0.573 e. The molecule has 1 aliphatic rings. The van der Waals surface area contributed by atoms with Gasteiger partial charge in [-0.05, 0) is 42.7 Å². The molecule has 1 saturated heterocycles. The predicted molar refractivity (Wildman–Crippen MR) is 96.1 cm³/mol. The summed E-state index contributed by atoms with van der Waals surface area (Å²) in [6, 6.07) is 13.7. The molecular weight excluding hydrogens is 395 g/mol. The SMILES string of the molecule is O=S(=O)(c1ccccc1)N1CCCC(OCc2ccc(OC(F)(F)F)cc2)C1. The van der Waals surface area contributed by atoms with Crippen molar-refractivity contribution in [3.05, 3.63) is 60.2 Å². The Balaban J connectivity index is 1.57. The number of benzene rings is 2. The van der Waals surface area contributed by atoms with E-state index in [4.69, 9.17) is 4.74 Å². The normalized spacial score (nSPS) is 18.8. The first-order chi connectivity index (χ1) is 13.2. The van der Waals surface area contributed by atoms with Gasteiger partial charge in [0.2, 0.25) is 10.0 Å². The number of ether oxygens (including phenoxy) is 2. The monoisotopic (exact) mass is 415 g/mol. The van der Waals surface area contributed by atoms with E-state index in [-0.39, 0.29) is 29.9 Å². The van der Waals surface area contributed by atoms with Gasteiger partial charge in [-0.3, -0.25) is 0 Å². The average molecular weight is 415 g/mol. The third-order valence-electron chi connectivity index (χ3n) is 4.36. The summed E-state index contributed by atoms with van der Waals surface area (Å²) in [7, 11) is -3.57. The molecule has 0 bridgehead atoms. The van der Waals surface area contributed by atoms with Crippen LogP contribution in [0.25, 0.3) is 0 Å². The van der Waals surface area contributed by atoms with Crippen molar-refractivity contribution in [1.29, 1.82) is 0 Å². The molecule has 0 radical (unpaired) electrons. The zero-order chi connectivity index (χ0) is 20.2. The molecule has 0 saturated carbocycles. The summed E-state index contributed by atoms with van der Waals surface area (Å²) in [6.45, 7) is 0.850. The summed E-state index contributed by atoms with van der Waals surface area (Å²) in [6.07, 6.45) is -3.61. The Bertz CT molecular complexity index is 870. The van der Waals surface area contributed by atoms with Crippen molar-refractivity contribution in [1.82, 2.24) is 4.31 Å². The highest BCUT2D eigenvalue weighted by Gasteiger charge is 2.31. The molecule has 1 fully saturated rings. The first-order valence-corrected chi connectivity index (χ1v) is 10.2. The zero-order valence-electron chi connectivity index (χ0n) is 14.9. The van der Waals surface area contributed by atoms with E-state index < -0.39 is 16.4 Å². The van der Waals surface area contributed by atoms with Crippen molar-refractivity contribution < 1.29 is 31.1 Å². The average Bonchev–Trinajstić information content (AvgIpc) is 2.67. The molecule has 1 heterocycles. The fourth-order valence-corrected chi connectivity index (χ4v) is 4.53. The molecule has 2 aromatic carbocycles. The van der Waals surface area contributed by atoms with E-state index in [9.17, 15) is 21.6 Å². The second kappa shape index (κ2) is 8.50. The van der Waals surface area contributed by atoms with Gasteiger partial charge in [-0.1, -0.05) is 30.3 Å². The molecule has 0 spiro atoms. The molecule has 0 aromatic heterocycles. The van der Waals surface area contributed by atoms with Crippen LogP contribution >= 0.6 is 0 Å². The maximum Gasteiger partial charge on any atom is 0.573 e. The summed E-state index contributed by atoms with van der Waals surface area (Å²) in [5.74, 6) is -0.297. The minimum absolute atomic E-state index is 0.177. The van der Waals surface area contributed by atoms with Crippen LogP contribution in [-0.4, -0.2) is 38.3 Å². The van der Waals surface area contributed by atoms with E-state index in [1.807, 2.05) is 0 Å². The van der Waals surface area contributed by atoms with Crippen LogP contribution in [0, 0.1) is 0 Å². The number of hydrogen-bond donors (Lipinski definition) is 0. The molecule has 28 heavy (non-hydrogen) atoms. The quantitative estimate of drug-likeness (QED) is 0.717. The standard InChI is InChI=1S/C19H20F3NO4S/c20-19(21,22)27-16-10-8-15(9-11-16)14-26-17-5-4-12-23(13-17)28(24,25)18-6-2-1-3-7-18/h1-3,6-11,17H,4-5,12-14H2. The van der Waals surface area contributed by atoms with Crippen LogP contribution in [-0.2, 0) is 21.4 Å². The van der Waals surface area contributed by atoms with Crippen LogP contribution in [0.2, 0.25) is 0 Å². The van der Waals surface area contributed by atoms with Crippen molar-refractivity contribution in [3.8, 4) is 5.75 Å². The summed E-state index contributed by atoms with van der Waals surface area (Å²) < 4.78 is 73.1. The van der Waals surface area contributed by atoms with Gasteiger partial charge in [-0.2, -0.15) is 4.31 Å². The topological polar surface area (TPSA) is 55.8 Å². The fourth-order valence-electron chi connectivity index (χ4n) is 3.00. The first-order valence-electron chi connectivity index (χ1n) is 8.75. The Morgan fingerprint density at radius 1 is 1.04 bits per heavy atom. The highest BCUT2D eigenvalue weighted by molar-refractivity contribution is 7.89. The predicted octanol–water partition coefficient (Wildman–Crippen LogP) is 3.96. The van der Waals surface area contributed by atoms with Gasteiger partial charge >= 0.3 is 6.36 Å². The van der Waals surface area contributed by atoms with E-state index in [1.54, 1.807) is 30.3 Å². The lowest BCUT2D eigenvalue weighted by Crippen LogP contribution is -2.43. The molecule has 9 heteroatoms. The molecule has 3 rings (SSSR count). The lowest BCUT2D eigenvalue weighted by molar-refractivity contribution is -0.274. The van der Waals surface area contributed by atoms with Crippen LogP contribution in [0.4, 0.5) is 13.2 Å². The van der Waals surface area contributed by atoms with Crippen LogP contribution in [0.15, 0.2) is 59.5 Å². The number of halogens is 3.